The van der Waals surface area contributed by atoms with Gasteiger partial charge < -0.3 is 4.90 Å². The highest BCUT2D eigenvalue weighted by molar-refractivity contribution is 6.31. The van der Waals surface area contributed by atoms with Crippen LogP contribution in [0.2, 0.25) is 5.02 Å². The molecule has 0 spiro atoms. The first-order valence-electron chi connectivity index (χ1n) is 7.23. The molecular formula is C14H26ClN5. The zero-order valence-electron chi connectivity index (χ0n) is 12.9. The van der Waals surface area contributed by atoms with E-state index >= 15 is 0 Å². The third-order valence-electron chi connectivity index (χ3n) is 4.95. The van der Waals surface area contributed by atoms with Crippen molar-refractivity contribution in [2.75, 3.05) is 14.1 Å². The number of halogens is 1. The van der Waals surface area contributed by atoms with Crippen molar-refractivity contribution in [3.05, 3.63) is 16.9 Å². The molecule has 0 bridgehead atoms. The molecule has 0 aliphatic heterocycles. The van der Waals surface area contributed by atoms with Gasteiger partial charge in [0.2, 0.25) is 0 Å². The number of rotatable bonds is 4. The van der Waals surface area contributed by atoms with E-state index in [1.54, 1.807) is 6.20 Å². The van der Waals surface area contributed by atoms with Crippen molar-refractivity contribution in [2.45, 2.75) is 44.2 Å². The Bertz CT molecular complexity index is 429. The highest BCUT2D eigenvalue weighted by atomic mass is 35.5. The number of nitrogens with two attached hydrogens (primary N) is 1. The molecule has 2 rings (SSSR count). The summed E-state index contributed by atoms with van der Waals surface area (Å²) in [6, 6.07) is -0.0231. The topological polar surface area (TPSA) is 59.1 Å². The van der Waals surface area contributed by atoms with E-state index in [1.165, 1.54) is 12.8 Å². The van der Waals surface area contributed by atoms with Crippen LogP contribution in [0.5, 0.6) is 0 Å². The molecule has 1 aliphatic rings. The van der Waals surface area contributed by atoms with Gasteiger partial charge in [0.25, 0.3) is 0 Å². The van der Waals surface area contributed by atoms with Crippen molar-refractivity contribution < 1.29 is 0 Å². The number of hydrogen-bond donors (Lipinski definition) is 2. The second-order valence-corrected chi connectivity index (χ2v) is 6.69. The molecule has 1 aromatic rings. The summed E-state index contributed by atoms with van der Waals surface area (Å²) in [7, 11) is 6.18. The summed E-state index contributed by atoms with van der Waals surface area (Å²) in [6.07, 6.45) is 6.34. The van der Waals surface area contributed by atoms with Gasteiger partial charge in [-0.25, -0.2) is 5.43 Å². The molecule has 1 aromatic heterocycles. The van der Waals surface area contributed by atoms with Crippen LogP contribution >= 0.6 is 11.6 Å². The van der Waals surface area contributed by atoms with Gasteiger partial charge in [0.1, 0.15) is 0 Å². The van der Waals surface area contributed by atoms with Crippen LogP contribution in [0.1, 0.15) is 44.3 Å². The number of hydrogen-bond acceptors (Lipinski definition) is 4. The zero-order chi connectivity index (χ0) is 14.9. The summed E-state index contributed by atoms with van der Waals surface area (Å²) in [4.78, 5) is 2.30. The Hall–Kier alpha value is -0.620. The molecule has 114 valence electrons. The van der Waals surface area contributed by atoms with Gasteiger partial charge in [0, 0.05) is 12.6 Å². The van der Waals surface area contributed by atoms with E-state index in [1.807, 2.05) is 11.7 Å². The molecular weight excluding hydrogens is 274 g/mol. The maximum absolute atomic E-state index is 6.34. The van der Waals surface area contributed by atoms with Crippen molar-refractivity contribution in [3.8, 4) is 0 Å². The minimum Gasteiger partial charge on any atom is -0.302 e. The van der Waals surface area contributed by atoms with Crippen molar-refractivity contribution in [1.29, 1.82) is 0 Å². The predicted octanol–water partition coefficient (Wildman–Crippen LogP) is 2.09. The maximum Gasteiger partial charge on any atom is 0.0835 e. The molecule has 0 amide bonds. The molecule has 3 N–H and O–H groups in total. The molecule has 6 heteroatoms. The van der Waals surface area contributed by atoms with Gasteiger partial charge in [-0.3, -0.25) is 10.5 Å². The van der Waals surface area contributed by atoms with Crippen LogP contribution in [0, 0.1) is 5.92 Å². The van der Waals surface area contributed by atoms with Gasteiger partial charge in [-0.2, -0.15) is 5.10 Å². The number of nitrogens with one attached hydrogen (secondary N) is 1. The summed E-state index contributed by atoms with van der Waals surface area (Å²) in [5.74, 6) is 6.69. The fourth-order valence-electron chi connectivity index (χ4n) is 3.49. The van der Waals surface area contributed by atoms with E-state index in [0.29, 0.717) is 5.02 Å². The second kappa shape index (κ2) is 6.02. The molecule has 1 aliphatic carbocycles. The molecule has 1 saturated carbocycles. The molecule has 5 nitrogen and oxygen atoms in total. The molecule has 1 heterocycles. The Labute approximate surface area is 126 Å². The van der Waals surface area contributed by atoms with E-state index in [0.717, 1.165) is 24.5 Å². The van der Waals surface area contributed by atoms with Crippen molar-refractivity contribution in [1.82, 2.24) is 20.1 Å². The van der Waals surface area contributed by atoms with Gasteiger partial charge in [-0.05, 0) is 45.7 Å². The van der Waals surface area contributed by atoms with E-state index < -0.39 is 0 Å². The van der Waals surface area contributed by atoms with Gasteiger partial charge >= 0.3 is 0 Å². The Morgan fingerprint density at radius 1 is 1.50 bits per heavy atom. The smallest absolute Gasteiger partial charge is 0.0835 e. The Morgan fingerprint density at radius 2 is 2.10 bits per heavy atom. The fraction of sp³-hybridized carbons (Fsp3) is 0.786. The van der Waals surface area contributed by atoms with Crippen LogP contribution in [0.15, 0.2) is 6.20 Å². The van der Waals surface area contributed by atoms with Crippen LogP contribution in [-0.2, 0) is 7.05 Å². The Balaban J connectivity index is 2.41. The highest BCUT2D eigenvalue weighted by Crippen LogP contribution is 2.44. The summed E-state index contributed by atoms with van der Waals surface area (Å²) < 4.78 is 1.83. The average Bonchev–Trinajstić information content (AvgIpc) is 2.73. The first-order valence-corrected chi connectivity index (χ1v) is 7.61. The normalized spacial score (nSPS) is 28.9. The SMILES string of the molecule is CC1CCC(C(NN)c2c(Cl)cnn2C)(N(C)C)CC1. The number of aromatic nitrogens is 2. The van der Waals surface area contributed by atoms with Crippen LogP contribution < -0.4 is 11.3 Å². The average molecular weight is 300 g/mol. The zero-order valence-corrected chi connectivity index (χ0v) is 13.6. The number of nitrogens with zero attached hydrogens (tertiary/aromatic N) is 3. The lowest BCUT2D eigenvalue weighted by molar-refractivity contribution is 0.0401. The Kier molecular flexibility index (Phi) is 4.74. The number of aryl methyl sites for hydroxylation is 1. The van der Waals surface area contributed by atoms with E-state index in [9.17, 15) is 0 Å². The third-order valence-corrected chi connectivity index (χ3v) is 5.24. The third kappa shape index (κ3) is 2.60. The van der Waals surface area contributed by atoms with Crippen LogP contribution in [0.4, 0.5) is 0 Å². The maximum atomic E-state index is 6.34. The summed E-state index contributed by atoms with van der Waals surface area (Å²) in [6.45, 7) is 2.32. The van der Waals surface area contributed by atoms with Gasteiger partial charge in [-0.15, -0.1) is 0 Å². The lowest BCUT2D eigenvalue weighted by atomic mass is 9.71. The van der Waals surface area contributed by atoms with E-state index in [2.05, 4.69) is 36.4 Å². The van der Waals surface area contributed by atoms with Gasteiger partial charge in [0.05, 0.1) is 23.0 Å². The van der Waals surface area contributed by atoms with Crippen LogP contribution in [0.3, 0.4) is 0 Å². The van der Waals surface area contributed by atoms with Gasteiger partial charge in [0.15, 0.2) is 0 Å². The second-order valence-electron chi connectivity index (χ2n) is 6.28. The first kappa shape index (κ1) is 15.8. The summed E-state index contributed by atoms with van der Waals surface area (Å²) >= 11 is 6.34. The summed E-state index contributed by atoms with van der Waals surface area (Å²) in [5.41, 5.74) is 3.96. The lowest BCUT2D eigenvalue weighted by Crippen LogP contribution is -2.57. The molecule has 1 fully saturated rings. The van der Waals surface area contributed by atoms with E-state index in [4.69, 9.17) is 17.4 Å². The van der Waals surface area contributed by atoms with Crippen molar-refractivity contribution in [2.24, 2.45) is 18.8 Å². The number of likely N-dealkylation sites (N-methyl/N-ethyl adjacent to an activating group) is 1. The van der Waals surface area contributed by atoms with Crippen molar-refractivity contribution >= 4 is 11.6 Å². The predicted molar refractivity (Wildman–Crippen MR) is 82.3 cm³/mol. The molecule has 0 radical (unpaired) electrons. The van der Waals surface area contributed by atoms with E-state index in [-0.39, 0.29) is 11.6 Å². The van der Waals surface area contributed by atoms with Crippen molar-refractivity contribution in [3.63, 3.8) is 0 Å². The highest BCUT2D eigenvalue weighted by Gasteiger charge is 2.45. The molecule has 1 atom stereocenters. The lowest BCUT2D eigenvalue weighted by Gasteiger charge is -2.49. The van der Waals surface area contributed by atoms with Gasteiger partial charge in [-0.1, -0.05) is 18.5 Å². The standard InChI is InChI=1S/C14H26ClN5/c1-10-5-7-14(8-6-10,19(2)3)13(18-16)12-11(15)9-17-20(12)4/h9-10,13,18H,5-8,16H2,1-4H3. The first-order chi connectivity index (χ1) is 9.42. The number of hydrazine groups is 1. The monoisotopic (exact) mass is 299 g/mol. The fourth-order valence-corrected chi connectivity index (χ4v) is 3.76. The van der Waals surface area contributed by atoms with Crippen LogP contribution in [0.25, 0.3) is 0 Å². The Morgan fingerprint density at radius 3 is 2.50 bits per heavy atom. The molecule has 0 saturated heterocycles. The summed E-state index contributed by atoms with van der Waals surface area (Å²) in [5, 5.41) is 4.93. The minimum absolute atomic E-state index is 0.0152. The van der Waals surface area contributed by atoms with Crippen LogP contribution in [-0.4, -0.2) is 34.3 Å². The molecule has 20 heavy (non-hydrogen) atoms. The minimum atomic E-state index is -0.0231. The quantitative estimate of drug-likeness (QED) is 0.660. The molecule has 1 unspecified atom stereocenters. The largest absolute Gasteiger partial charge is 0.302 e. The molecule has 0 aromatic carbocycles.